The van der Waals surface area contributed by atoms with Gasteiger partial charge in [0.1, 0.15) is 12.7 Å². The van der Waals surface area contributed by atoms with Crippen LogP contribution in [-0.2, 0) is 6.54 Å². The van der Waals surface area contributed by atoms with Crippen LogP contribution in [0.15, 0.2) is 61.2 Å². The van der Waals surface area contributed by atoms with Crippen LogP contribution in [0.1, 0.15) is 55.2 Å². The van der Waals surface area contributed by atoms with E-state index in [-0.39, 0.29) is 11.9 Å². The Labute approximate surface area is 179 Å². The van der Waals surface area contributed by atoms with Crippen molar-refractivity contribution < 1.29 is 4.79 Å². The molecule has 0 saturated carbocycles. The van der Waals surface area contributed by atoms with Crippen molar-refractivity contribution in [2.75, 3.05) is 13.6 Å². The Kier molecular flexibility index (Phi) is 7.00. The van der Waals surface area contributed by atoms with Gasteiger partial charge in [0.05, 0.1) is 11.7 Å². The predicted octanol–water partition coefficient (Wildman–Crippen LogP) is 4.33. The molecule has 1 atom stereocenters. The minimum Gasteiger partial charge on any atom is -0.335 e. The van der Waals surface area contributed by atoms with Crippen LogP contribution >= 0.6 is 0 Å². The van der Waals surface area contributed by atoms with Crippen molar-refractivity contribution in [3.63, 3.8) is 0 Å². The van der Waals surface area contributed by atoms with Gasteiger partial charge in [0.25, 0.3) is 5.91 Å². The topological polar surface area (TPSA) is 54.3 Å². The maximum atomic E-state index is 13.0. The van der Waals surface area contributed by atoms with Crippen LogP contribution in [0.4, 0.5) is 0 Å². The van der Waals surface area contributed by atoms with Crippen LogP contribution in [0.3, 0.4) is 0 Å². The average molecular weight is 406 g/mol. The minimum absolute atomic E-state index is 0.0191. The van der Waals surface area contributed by atoms with Gasteiger partial charge in [-0.05, 0) is 62.7 Å². The van der Waals surface area contributed by atoms with E-state index in [4.69, 9.17) is 0 Å². The van der Waals surface area contributed by atoms with E-state index < -0.39 is 0 Å². The first-order valence-corrected chi connectivity index (χ1v) is 10.5. The number of hydrogen-bond donors (Lipinski definition) is 0. The fraction of sp³-hybridized carbons (Fsp3) is 0.375. The van der Waals surface area contributed by atoms with Gasteiger partial charge in [0.15, 0.2) is 0 Å². The van der Waals surface area contributed by atoms with E-state index in [1.807, 2.05) is 50.4 Å². The Morgan fingerprint density at radius 2 is 1.70 bits per heavy atom. The molecule has 0 aliphatic heterocycles. The largest absolute Gasteiger partial charge is 0.335 e. The van der Waals surface area contributed by atoms with Gasteiger partial charge in [-0.15, -0.1) is 0 Å². The van der Waals surface area contributed by atoms with Gasteiger partial charge in [-0.3, -0.25) is 9.69 Å². The summed E-state index contributed by atoms with van der Waals surface area (Å²) in [4.78, 5) is 21.2. The molecule has 1 amide bonds. The Morgan fingerprint density at radius 3 is 2.23 bits per heavy atom. The van der Waals surface area contributed by atoms with E-state index in [1.54, 1.807) is 15.9 Å². The molecule has 1 heterocycles. The SMILES string of the molecule is CCN(Cc1ccc(C(=O)N(C)C(C)c2ccc(-n3cncn3)cc2)cc1)C(C)C. The highest BCUT2D eigenvalue weighted by atomic mass is 16.2. The van der Waals surface area contributed by atoms with Gasteiger partial charge in [0, 0.05) is 25.2 Å². The lowest BCUT2D eigenvalue weighted by atomic mass is 10.0. The maximum absolute atomic E-state index is 13.0. The van der Waals surface area contributed by atoms with Gasteiger partial charge in [-0.2, -0.15) is 5.10 Å². The van der Waals surface area contributed by atoms with E-state index >= 15 is 0 Å². The Bertz CT molecular complexity index is 933. The van der Waals surface area contributed by atoms with Crippen molar-refractivity contribution in [1.82, 2.24) is 24.6 Å². The third kappa shape index (κ3) is 4.94. The third-order valence-electron chi connectivity index (χ3n) is 5.68. The van der Waals surface area contributed by atoms with Crippen LogP contribution in [-0.4, -0.2) is 50.1 Å². The molecule has 158 valence electrons. The molecule has 2 aromatic carbocycles. The smallest absolute Gasteiger partial charge is 0.254 e. The summed E-state index contributed by atoms with van der Waals surface area (Å²) in [5, 5.41) is 4.14. The second-order valence-electron chi connectivity index (χ2n) is 7.88. The molecule has 1 unspecified atom stereocenters. The van der Waals surface area contributed by atoms with E-state index in [9.17, 15) is 4.79 Å². The quantitative estimate of drug-likeness (QED) is 0.560. The highest BCUT2D eigenvalue weighted by Gasteiger charge is 2.19. The first kappa shape index (κ1) is 21.7. The Hall–Kier alpha value is -2.99. The molecule has 0 saturated heterocycles. The molecule has 6 nitrogen and oxygen atoms in total. The number of carbonyl (C=O) groups is 1. The van der Waals surface area contributed by atoms with Gasteiger partial charge < -0.3 is 4.90 Å². The number of carbonyl (C=O) groups excluding carboxylic acids is 1. The second kappa shape index (κ2) is 9.67. The summed E-state index contributed by atoms with van der Waals surface area (Å²) in [6.45, 7) is 10.5. The van der Waals surface area contributed by atoms with Gasteiger partial charge >= 0.3 is 0 Å². The molecule has 0 bridgehead atoms. The fourth-order valence-electron chi connectivity index (χ4n) is 3.50. The fourth-order valence-corrected chi connectivity index (χ4v) is 3.50. The lowest BCUT2D eigenvalue weighted by Gasteiger charge is -2.26. The normalized spacial score (nSPS) is 12.4. The molecule has 3 rings (SSSR count). The lowest BCUT2D eigenvalue weighted by molar-refractivity contribution is 0.0742. The molecule has 0 N–H and O–H groups in total. The summed E-state index contributed by atoms with van der Waals surface area (Å²) in [7, 11) is 1.85. The van der Waals surface area contributed by atoms with Crippen LogP contribution in [0.25, 0.3) is 5.69 Å². The number of hydrogen-bond acceptors (Lipinski definition) is 4. The summed E-state index contributed by atoms with van der Waals surface area (Å²) < 4.78 is 1.71. The summed E-state index contributed by atoms with van der Waals surface area (Å²) >= 11 is 0. The first-order valence-electron chi connectivity index (χ1n) is 10.5. The molecular weight excluding hydrogens is 374 g/mol. The molecule has 3 aromatic rings. The first-order chi connectivity index (χ1) is 14.4. The molecule has 30 heavy (non-hydrogen) atoms. The molecule has 6 heteroatoms. The predicted molar refractivity (Wildman–Crippen MR) is 120 cm³/mol. The molecular formula is C24H31N5O. The number of benzene rings is 2. The number of aromatic nitrogens is 3. The minimum atomic E-state index is -0.0431. The molecule has 0 aliphatic rings. The number of nitrogens with zero attached hydrogens (tertiary/aromatic N) is 5. The van der Waals surface area contributed by atoms with E-state index in [2.05, 4.69) is 47.9 Å². The van der Waals surface area contributed by atoms with Crippen molar-refractivity contribution in [3.8, 4) is 5.69 Å². The summed E-state index contributed by atoms with van der Waals surface area (Å²) in [6.07, 6.45) is 3.18. The molecule has 0 aliphatic carbocycles. The molecule has 0 radical (unpaired) electrons. The van der Waals surface area contributed by atoms with Crippen molar-refractivity contribution in [3.05, 3.63) is 77.9 Å². The van der Waals surface area contributed by atoms with E-state index in [0.29, 0.717) is 11.6 Å². The van der Waals surface area contributed by atoms with Crippen molar-refractivity contribution in [2.45, 2.75) is 46.3 Å². The number of rotatable bonds is 8. The number of amides is 1. The molecule has 0 spiro atoms. The molecule has 0 fully saturated rings. The van der Waals surface area contributed by atoms with Crippen LogP contribution in [0.2, 0.25) is 0 Å². The zero-order valence-electron chi connectivity index (χ0n) is 18.5. The highest BCUT2D eigenvalue weighted by molar-refractivity contribution is 5.94. The van der Waals surface area contributed by atoms with Gasteiger partial charge in [-0.1, -0.05) is 31.2 Å². The summed E-state index contributed by atoms with van der Waals surface area (Å²) in [5.41, 5.74) is 3.94. The van der Waals surface area contributed by atoms with Crippen LogP contribution in [0.5, 0.6) is 0 Å². The van der Waals surface area contributed by atoms with E-state index in [0.717, 1.165) is 24.3 Å². The summed E-state index contributed by atoms with van der Waals surface area (Å²) in [6, 6.07) is 16.5. The van der Waals surface area contributed by atoms with Crippen LogP contribution < -0.4 is 0 Å². The molecule has 1 aromatic heterocycles. The van der Waals surface area contributed by atoms with Gasteiger partial charge in [-0.25, -0.2) is 9.67 Å². The van der Waals surface area contributed by atoms with Crippen molar-refractivity contribution in [1.29, 1.82) is 0 Å². The second-order valence-corrected chi connectivity index (χ2v) is 7.88. The van der Waals surface area contributed by atoms with E-state index in [1.165, 1.54) is 11.9 Å². The highest BCUT2D eigenvalue weighted by Crippen LogP contribution is 2.22. The third-order valence-corrected chi connectivity index (χ3v) is 5.68. The van der Waals surface area contributed by atoms with Gasteiger partial charge in [0.2, 0.25) is 0 Å². The maximum Gasteiger partial charge on any atom is 0.254 e. The van der Waals surface area contributed by atoms with Crippen molar-refractivity contribution >= 4 is 5.91 Å². The standard InChI is InChI=1S/C24H31N5O/c1-6-28(18(2)3)15-20-7-9-22(10-8-20)24(30)27(5)19(4)21-11-13-23(14-12-21)29-17-25-16-26-29/h7-14,16-19H,6,15H2,1-5H3. The lowest BCUT2D eigenvalue weighted by Crippen LogP contribution is -2.30. The van der Waals surface area contributed by atoms with Crippen LogP contribution in [0, 0.1) is 0 Å². The Balaban J connectivity index is 1.67. The zero-order valence-corrected chi connectivity index (χ0v) is 18.5. The van der Waals surface area contributed by atoms with Crippen molar-refractivity contribution in [2.24, 2.45) is 0 Å². The monoisotopic (exact) mass is 405 g/mol. The average Bonchev–Trinajstić information content (AvgIpc) is 3.31. The summed E-state index contributed by atoms with van der Waals surface area (Å²) in [5.74, 6) is 0.0191. The zero-order chi connectivity index (χ0) is 21.7. The Morgan fingerprint density at radius 1 is 1.03 bits per heavy atom.